The summed E-state index contributed by atoms with van der Waals surface area (Å²) in [5.41, 5.74) is -4.10. The Morgan fingerprint density at radius 3 is 2.71 bits per heavy atom. The molecule has 1 rings (SSSR count). The van der Waals surface area contributed by atoms with Gasteiger partial charge >= 0.3 is 5.51 Å². The summed E-state index contributed by atoms with van der Waals surface area (Å²) < 4.78 is 36.1. The van der Waals surface area contributed by atoms with Gasteiger partial charge < -0.3 is 5.32 Å². The van der Waals surface area contributed by atoms with E-state index in [1.165, 1.54) is 0 Å². The van der Waals surface area contributed by atoms with E-state index in [1.54, 1.807) is 0 Å². The fourth-order valence-corrected chi connectivity index (χ4v) is 2.71. The second-order valence-electron chi connectivity index (χ2n) is 4.82. The molecule has 1 heterocycles. The number of hydrogen-bond donors (Lipinski definition) is 1. The van der Waals surface area contributed by atoms with Gasteiger partial charge in [0, 0.05) is 38.0 Å². The van der Waals surface area contributed by atoms with Crippen molar-refractivity contribution in [2.24, 2.45) is 5.92 Å². The second-order valence-corrected chi connectivity index (χ2v) is 5.98. The van der Waals surface area contributed by atoms with Gasteiger partial charge in [-0.05, 0) is 24.1 Å². The molecule has 0 radical (unpaired) electrons. The average molecular weight is 270 g/mol. The van der Waals surface area contributed by atoms with Crippen LogP contribution in [0.5, 0.6) is 0 Å². The van der Waals surface area contributed by atoms with Gasteiger partial charge in [-0.25, -0.2) is 0 Å². The molecular weight excluding hydrogens is 249 g/mol. The van der Waals surface area contributed by atoms with Gasteiger partial charge in [0.15, 0.2) is 0 Å². The van der Waals surface area contributed by atoms with Gasteiger partial charge in [-0.15, -0.1) is 0 Å². The van der Waals surface area contributed by atoms with Crippen molar-refractivity contribution < 1.29 is 13.2 Å². The molecule has 2 nitrogen and oxygen atoms in total. The molecule has 0 aliphatic carbocycles. The fourth-order valence-electron chi connectivity index (χ4n) is 2.15. The van der Waals surface area contributed by atoms with E-state index in [9.17, 15) is 13.2 Å². The Kier molecular flexibility index (Phi) is 6.09. The molecule has 1 aliphatic heterocycles. The van der Waals surface area contributed by atoms with Crippen molar-refractivity contribution in [2.75, 3.05) is 31.9 Å². The van der Waals surface area contributed by atoms with Crippen LogP contribution in [0.4, 0.5) is 13.2 Å². The SMILES string of the molecule is CC(C)CC1CNCCN1CCSC(F)(F)F. The number of piperazine rings is 1. The van der Waals surface area contributed by atoms with Gasteiger partial charge in [0.1, 0.15) is 0 Å². The van der Waals surface area contributed by atoms with Crippen molar-refractivity contribution in [3.8, 4) is 0 Å². The highest BCUT2D eigenvalue weighted by Gasteiger charge is 2.29. The summed E-state index contributed by atoms with van der Waals surface area (Å²) in [7, 11) is 0. The molecule has 102 valence electrons. The zero-order valence-electron chi connectivity index (χ0n) is 10.4. The fraction of sp³-hybridized carbons (Fsp3) is 1.00. The van der Waals surface area contributed by atoms with E-state index in [-0.39, 0.29) is 17.5 Å². The van der Waals surface area contributed by atoms with Gasteiger partial charge in [0.2, 0.25) is 0 Å². The van der Waals surface area contributed by atoms with Crippen LogP contribution in [0.25, 0.3) is 0 Å². The lowest BCUT2D eigenvalue weighted by Gasteiger charge is -2.37. The van der Waals surface area contributed by atoms with Gasteiger partial charge in [-0.3, -0.25) is 4.90 Å². The number of halogens is 3. The van der Waals surface area contributed by atoms with Crippen LogP contribution in [0.2, 0.25) is 0 Å². The van der Waals surface area contributed by atoms with Gasteiger partial charge in [-0.1, -0.05) is 13.8 Å². The number of alkyl halides is 3. The molecule has 1 N–H and O–H groups in total. The van der Waals surface area contributed by atoms with Crippen LogP contribution in [-0.4, -0.2) is 48.4 Å². The molecular formula is C11H21F3N2S. The summed E-state index contributed by atoms with van der Waals surface area (Å²) in [5, 5.41) is 3.31. The van der Waals surface area contributed by atoms with Crippen molar-refractivity contribution in [3.05, 3.63) is 0 Å². The highest BCUT2D eigenvalue weighted by Crippen LogP contribution is 2.30. The predicted molar refractivity (Wildman–Crippen MR) is 66.2 cm³/mol. The van der Waals surface area contributed by atoms with Crippen molar-refractivity contribution >= 4 is 11.8 Å². The maximum atomic E-state index is 12.0. The van der Waals surface area contributed by atoms with Crippen LogP contribution < -0.4 is 5.32 Å². The molecule has 0 amide bonds. The van der Waals surface area contributed by atoms with Crippen molar-refractivity contribution in [2.45, 2.75) is 31.8 Å². The molecule has 17 heavy (non-hydrogen) atoms. The number of nitrogens with zero attached hydrogens (tertiary/aromatic N) is 1. The topological polar surface area (TPSA) is 15.3 Å². The molecule has 1 aliphatic rings. The number of thioether (sulfide) groups is 1. The number of nitrogens with one attached hydrogen (secondary N) is 1. The van der Waals surface area contributed by atoms with E-state index < -0.39 is 5.51 Å². The quantitative estimate of drug-likeness (QED) is 0.826. The van der Waals surface area contributed by atoms with Gasteiger partial charge in [-0.2, -0.15) is 13.2 Å². The van der Waals surface area contributed by atoms with Crippen molar-refractivity contribution in [3.63, 3.8) is 0 Å². The molecule has 1 fully saturated rings. The first kappa shape index (κ1) is 15.1. The van der Waals surface area contributed by atoms with E-state index in [4.69, 9.17) is 0 Å². The van der Waals surface area contributed by atoms with Crippen LogP contribution in [0, 0.1) is 5.92 Å². The first-order valence-electron chi connectivity index (χ1n) is 6.04. The molecule has 1 saturated heterocycles. The molecule has 6 heteroatoms. The molecule has 0 bridgehead atoms. The minimum absolute atomic E-state index is 0.0861. The minimum Gasteiger partial charge on any atom is -0.314 e. The lowest BCUT2D eigenvalue weighted by molar-refractivity contribution is -0.0329. The lowest BCUT2D eigenvalue weighted by Crippen LogP contribution is -2.52. The van der Waals surface area contributed by atoms with Crippen molar-refractivity contribution in [1.82, 2.24) is 10.2 Å². The molecule has 0 saturated carbocycles. The van der Waals surface area contributed by atoms with Gasteiger partial charge in [0.25, 0.3) is 0 Å². The Morgan fingerprint density at radius 2 is 2.12 bits per heavy atom. The predicted octanol–water partition coefficient (Wildman–Crippen LogP) is 2.56. The monoisotopic (exact) mass is 270 g/mol. The highest BCUT2D eigenvalue weighted by atomic mass is 32.2. The van der Waals surface area contributed by atoms with Gasteiger partial charge in [0.05, 0.1) is 0 Å². The molecule has 0 spiro atoms. The Labute approximate surface area is 105 Å². The average Bonchev–Trinajstić information content (AvgIpc) is 2.18. The first-order valence-corrected chi connectivity index (χ1v) is 7.02. The molecule has 1 unspecified atom stereocenters. The van der Waals surface area contributed by atoms with Crippen LogP contribution in [-0.2, 0) is 0 Å². The molecule has 1 atom stereocenters. The van der Waals surface area contributed by atoms with E-state index in [0.717, 1.165) is 26.1 Å². The van der Waals surface area contributed by atoms with E-state index in [0.29, 0.717) is 18.5 Å². The summed E-state index contributed by atoms with van der Waals surface area (Å²) in [6, 6.07) is 0.387. The summed E-state index contributed by atoms with van der Waals surface area (Å²) in [6.45, 7) is 7.47. The normalized spacial score (nSPS) is 23.3. The third-order valence-corrected chi connectivity index (χ3v) is 3.57. The Bertz CT molecular complexity index is 221. The van der Waals surface area contributed by atoms with E-state index in [2.05, 4.69) is 24.1 Å². The number of rotatable bonds is 5. The minimum atomic E-state index is -4.10. The molecule has 0 aromatic rings. The zero-order chi connectivity index (χ0) is 12.9. The first-order chi connectivity index (χ1) is 7.88. The summed E-state index contributed by atoms with van der Waals surface area (Å²) in [4.78, 5) is 2.19. The summed E-state index contributed by atoms with van der Waals surface area (Å²) >= 11 is 0.0861. The maximum absolute atomic E-state index is 12.0. The zero-order valence-corrected chi connectivity index (χ0v) is 11.2. The smallest absolute Gasteiger partial charge is 0.314 e. The lowest BCUT2D eigenvalue weighted by atomic mass is 10.0. The van der Waals surface area contributed by atoms with Crippen LogP contribution in [0.3, 0.4) is 0 Å². The Hall–Kier alpha value is 0.0600. The molecule has 0 aromatic heterocycles. The third kappa shape index (κ3) is 6.52. The Morgan fingerprint density at radius 1 is 1.41 bits per heavy atom. The molecule has 0 aromatic carbocycles. The van der Waals surface area contributed by atoms with Crippen LogP contribution in [0.15, 0.2) is 0 Å². The van der Waals surface area contributed by atoms with Crippen molar-refractivity contribution in [1.29, 1.82) is 0 Å². The van der Waals surface area contributed by atoms with E-state index >= 15 is 0 Å². The number of hydrogen-bond acceptors (Lipinski definition) is 3. The van der Waals surface area contributed by atoms with Crippen LogP contribution >= 0.6 is 11.8 Å². The highest BCUT2D eigenvalue weighted by molar-refractivity contribution is 8.00. The summed E-state index contributed by atoms with van der Waals surface area (Å²) in [5.74, 6) is 0.718. The standard InChI is InChI=1S/C11H21F3N2S/c1-9(2)7-10-8-15-3-4-16(10)5-6-17-11(12,13)14/h9-10,15H,3-8H2,1-2H3. The van der Waals surface area contributed by atoms with E-state index in [1.807, 2.05) is 0 Å². The third-order valence-electron chi connectivity index (χ3n) is 2.86. The second kappa shape index (κ2) is 6.85. The maximum Gasteiger partial charge on any atom is 0.441 e. The van der Waals surface area contributed by atoms with Crippen LogP contribution in [0.1, 0.15) is 20.3 Å². The summed E-state index contributed by atoms with van der Waals surface area (Å²) in [6.07, 6.45) is 1.05. The Balaban J connectivity index is 2.32. The largest absolute Gasteiger partial charge is 0.441 e.